The van der Waals surface area contributed by atoms with Crippen molar-refractivity contribution >= 4 is 29.1 Å². The van der Waals surface area contributed by atoms with Crippen molar-refractivity contribution in [1.82, 2.24) is 5.32 Å². The van der Waals surface area contributed by atoms with Crippen LogP contribution >= 0.6 is 23.2 Å². The average molecular weight is 318 g/mol. The van der Waals surface area contributed by atoms with Crippen LogP contribution in [0.25, 0.3) is 0 Å². The van der Waals surface area contributed by atoms with Gasteiger partial charge in [0.25, 0.3) is 5.91 Å². The Bertz CT molecular complexity index is 462. The average Bonchev–Trinajstić information content (AvgIpc) is 2.91. The van der Waals surface area contributed by atoms with Gasteiger partial charge in [0.05, 0.1) is 31.2 Å². The number of rotatable bonds is 6. The van der Waals surface area contributed by atoms with Gasteiger partial charge in [-0.25, -0.2) is 0 Å². The number of halogens is 2. The normalized spacial score (nSPS) is 15.3. The molecule has 4 nitrogen and oxygen atoms in total. The Kier molecular flexibility index (Phi) is 5.95. The zero-order chi connectivity index (χ0) is 14.4. The lowest BCUT2D eigenvalue weighted by Crippen LogP contribution is -3.10. The van der Waals surface area contributed by atoms with Crippen LogP contribution in [0.4, 0.5) is 0 Å². The van der Waals surface area contributed by atoms with E-state index < -0.39 is 0 Å². The van der Waals surface area contributed by atoms with Gasteiger partial charge >= 0.3 is 0 Å². The summed E-state index contributed by atoms with van der Waals surface area (Å²) < 4.78 is 5.37. The predicted octanol–water partition coefficient (Wildman–Crippen LogP) is 1.17. The number of hydrogen-bond donors (Lipinski definition) is 2. The molecule has 110 valence electrons. The molecule has 1 aliphatic rings. The van der Waals surface area contributed by atoms with Crippen LogP contribution in [-0.4, -0.2) is 38.7 Å². The summed E-state index contributed by atoms with van der Waals surface area (Å²) in [6, 6.07) is 4.93. The molecule has 0 bridgehead atoms. The van der Waals surface area contributed by atoms with E-state index in [4.69, 9.17) is 27.9 Å². The van der Waals surface area contributed by atoms with Crippen LogP contribution in [0.1, 0.15) is 12.8 Å². The molecule has 0 atom stereocenters. The van der Waals surface area contributed by atoms with Gasteiger partial charge in [0, 0.05) is 17.9 Å². The molecule has 2 N–H and O–H groups in total. The first-order valence-electron chi connectivity index (χ1n) is 6.83. The first kappa shape index (κ1) is 15.4. The number of benzene rings is 1. The summed E-state index contributed by atoms with van der Waals surface area (Å²) in [6.07, 6.45) is 2.59. The second-order valence-corrected chi connectivity index (χ2v) is 5.76. The summed E-state index contributed by atoms with van der Waals surface area (Å²) in [6.45, 7) is 4.06. The molecule has 2 rings (SSSR count). The molecule has 0 radical (unpaired) electrons. The molecule has 1 aliphatic heterocycles. The molecule has 1 aromatic carbocycles. The van der Waals surface area contributed by atoms with Crippen molar-refractivity contribution in [1.29, 1.82) is 0 Å². The Morgan fingerprint density at radius 2 is 2.05 bits per heavy atom. The number of nitrogens with one attached hydrogen (secondary N) is 2. The van der Waals surface area contributed by atoms with E-state index >= 15 is 0 Å². The lowest BCUT2D eigenvalue weighted by atomic mass is 10.3. The predicted molar refractivity (Wildman–Crippen MR) is 79.8 cm³/mol. The maximum atomic E-state index is 11.7. The minimum Gasteiger partial charge on any atom is -0.482 e. The summed E-state index contributed by atoms with van der Waals surface area (Å²) >= 11 is 11.7. The lowest BCUT2D eigenvalue weighted by Gasteiger charge is -2.13. The van der Waals surface area contributed by atoms with Gasteiger partial charge < -0.3 is 15.0 Å². The second kappa shape index (κ2) is 7.72. The third kappa shape index (κ3) is 4.85. The summed E-state index contributed by atoms with van der Waals surface area (Å²) in [5.41, 5.74) is 0. The highest BCUT2D eigenvalue weighted by Crippen LogP contribution is 2.27. The molecule has 0 aromatic heterocycles. The first-order valence-corrected chi connectivity index (χ1v) is 7.59. The van der Waals surface area contributed by atoms with Crippen molar-refractivity contribution in [3.63, 3.8) is 0 Å². The number of ether oxygens (including phenoxy) is 1. The summed E-state index contributed by atoms with van der Waals surface area (Å²) in [7, 11) is 0. The van der Waals surface area contributed by atoms with Gasteiger partial charge in [0.15, 0.2) is 6.61 Å². The Morgan fingerprint density at radius 1 is 1.30 bits per heavy atom. The third-order valence-corrected chi connectivity index (χ3v) is 3.89. The van der Waals surface area contributed by atoms with Crippen molar-refractivity contribution in [2.75, 3.05) is 32.8 Å². The summed E-state index contributed by atoms with van der Waals surface area (Å²) in [5, 5.41) is 3.81. The maximum Gasteiger partial charge on any atom is 0.258 e. The van der Waals surface area contributed by atoms with E-state index in [0.29, 0.717) is 22.3 Å². The quantitative estimate of drug-likeness (QED) is 0.827. The van der Waals surface area contributed by atoms with Crippen LogP contribution < -0.4 is 15.0 Å². The van der Waals surface area contributed by atoms with Crippen LogP contribution in [0.15, 0.2) is 18.2 Å². The summed E-state index contributed by atoms with van der Waals surface area (Å²) in [4.78, 5) is 13.2. The fourth-order valence-corrected chi connectivity index (χ4v) is 2.75. The van der Waals surface area contributed by atoms with Crippen molar-refractivity contribution in [3.8, 4) is 5.75 Å². The minimum absolute atomic E-state index is 0.0311. The second-order valence-electron chi connectivity index (χ2n) is 4.92. The van der Waals surface area contributed by atoms with E-state index in [1.54, 1.807) is 23.1 Å². The molecule has 0 saturated carbocycles. The van der Waals surface area contributed by atoms with Gasteiger partial charge in [-0.2, -0.15) is 0 Å². The van der Waals surface area contributed by atoms with Gasteiger partial charge in [0.2, 0.25) is 0 Å². The number of hydrogen-bond acceptors (Lipinski definition) is 2. The van der Waals surface area contributed by atoms with Crippen LogP contribution in [0.2, 0.25) is 10.0 Å². The first-order chi connectivity index (χ1) is 9.65. The van der Waals surface area contributed by atoms with Gasteiger partial charge in [-0.3, -0.25) is 4.79 Å². The van der Waals surface area contributed by atoms with Crippen LogP contribution in [0.5, 0.6) is 5.75 Å². The Morgan fingerprint density at radius 3 is 2.75 bits per heavy atom. The van der Waals surface area contributed by atoms with E-state index in [9.17, 15) is 4.79 Å². The monoisotopic (exact) mass is 317 g/mol. The molecule has 6 heteroatoms. The topological polar surface area (TPSA) is 42.8 Å². The zero-order valence-corrected chi connectivity index (χ0v) is 12.8. The van der Waals surface area contributed by atoms with E-state index in [0.717, 1.165) is 6.54 Å². The fourth-order valence-electron chi connectivity index (χ4n) is 2.29. The molecule has 0 aliphatic carbocycles. The number of likely N-dealkylation sites (tertiary alicyclic amines) is 1. The zero-order valence-electron chi connectivity index (χ0n) is 11.3. The Balaban J connectivity index is 1.66. The minimum atomic E-state index is -0.130. The Labute approximate surface area is 129 Å². The number of carbonyl (C=O) groups is 1. The Hall–Kier alpha value is -0.970. The number of amides is 1. The molecule has 20 heavy (non-hydrogen) atoms. The molecule has 1 aromatic rings. The molecular weight excluding hydrogens is 299 g/mol. The van der Waals surface area contributed by atoms with Crippen molar-refractivity contribution in [2.24, 2.45) is 0 Å². The van der Waals surface area contributed by atoms with Crippen LogP contribution in [0.3, 0.4) is 0 Å². The van der Waals surface area contributed by atoms with Gasteiger partial charge in [-0.1, -0.05) is 23.2 Å². The van der Waals surface area contributed by atoms with Gasteiger partial charge in [0.1, 0.15) is 5.75 Å². The largest absolute Gasteiger partial charge is 0.482 e. The fraction of sp³-hybridized carbons (Fsp3) is 0.500. The van der Waals surface area contributed by atoms with Crippen LogP contribution in [0, 0.1) is 0 Å². The van der Waals surface area contributed by atoms with Crippen molar-refractivity contribution in [3.05, 3.63) is 28.2 Å². The van der Waals surface area contributed by atoms with Crippen molar-refractivity contribution in [2.45, 2.75) is 12.8 Å². The van der Waals surface area contributed by atoms with Gasteiger partial charge in [-0.05, 0) is 18.2 Å². The molecule has 0 spiro atoms. The van der Waals surface area contributed by atoms with E-state index in [1.165, 1.54) is 25.9 Å². The van der Waals surface area contributed by atoms with E-state index in [-0.39, 0.29) is 12.5 Å². The standard InChI is InChI=1S/C14H18Cl2N2O2/c15-11-3-4-13(12(16)9-11)20-10-14(19)17-5-8-18-6-1-2-7-18/h3-4,9H,1-2,5-8,10H2,(H,17,19)/p+1. The van der Waals surface area contributed by atoms with Crippen LogP contribution in [-0.2, 0) is 4.79 Å². The van der Waals surface area contributed by atoms with Crippen molar-refractivity contribution < 1.29 is 14.4 Å². The maximum absolute atomic E-state index is 11.7. The molecule has 0 unspecified atom stereocenters. The highest BCUT2D eigenvalue weighted by Gasteiger charge is 2.14. The summed E-state index contributed by atoms with van der Waals surface area (Å²) in [5.74, 6) is 0.339. The van der Waals surface area contributed by atoms with Gasteiger partial charge in [-0.15, -0.1) is 0 Å². The number of quaternary nitrogens is 1. The molecule has 1 fully saturated rings. The highest BCUT2D eigenvalue weighted by molar-refractivity contribution is 6.35. The highest BCUT2D eigenvalue weighted by atomic mass is 35.5. The molecule has 1 heterocycles. The lowest BCUT2D eigenvalue weighted by molar-refractivity contribution is -0.886. The SMILES string of the molecule is O=C(COc1ccc(Cl)cc1Cl)NCC[NH+]1CCCC1. The smallest absolute Gasteiger partial charge is 0.258 e. The van der Waals surface area contributed by atoms with E-state index in [1.807, 2.05) is 0 Å². The number of carbonyl (C=O) groups excluding carboxylic acids is 1. The van der Waals surface area contributed by atoms with E-state index in [2.05, 4.69) is 5.32 Å². The molecule has 1 amide bonds. The molecular formula is C14H19Cl2N2O2+. The molecule has 1 saturated heterocycles. The third-order valence-electron chi connectivity index (χ3n) is 3.36.